The summed E-state index contributed by atoms with van der Waals surface area (Å²) < 4.78 is 26.3. The van der Waals surface area contributed by atoms with Crippen LogP contribution in [-0.2, 0) is 14.8 Å². The molecule has 28 heavy (non-hydrogen) atoms. The number of carbonyl (C=O) groups excluding carboxylic acids is 1. The monoisotopic (exact) mass is 401 g/mol. The maximum Gasteiger partial charge on any atom is 0.244 e. The van der Waals surface area contributed by atoms with Crippen molar-refractivity contribution >= 4 is 15.9 Å². The molecular formula is C21H27N3O3S. The van der Waals surface area contributed by atoms with Gasteiger partial charge < -0.3 is 5.32 Å². The molecule has 1 saturated carbocycles. The summed E-state index contributed by atoms with van der Waals surface area (Å²) in [4.78, 5) is 16.7. The van der Waals surface area contributed by atoms with Crippen LogP contribution in [0.4, 0.5) is 0 Å². The van der Waals surface area contributed by atoms with E-state index in [9.17, 15) is 13.2 Å². The van der Waals surface area contributed by atoms with E-state index in [1.165, 1.54) is 44.8 Å². The Kier molecular flexibility index (Phi) is 6.80. The Bertz CT molecular complexity index is 866. The number of pyridine rings is 1. The molecular weight excluding hydrogens is 374 g/mol. The van der Waals surface area contributed by atoms with Crippen molar-refractivity contribution in [3.8, 4) is 0 Å². The number of hydrogen-bond donors (Lipinski definition) is 1. The minimum absolute atomic E-state index is 0.0807. The predicted molar refractivity (Wildman–Crippen MR) is 108 cm³/mol. The summed E-state index contributed by atoms with van der Waals surface area (Å²) >= 11 is 0. The lowest BCUT2D eigenvalue weighted by molar-refractivity contribution is -0.122. The number of rotatable bonds is 7. The number of benzene rings is 1. The number of nitrogens with one attached hydrogen (secondary N) is 1. The fourth-order valence-electron chi connectivity index (χ4n) is 3.79. The van der Waals surface area contributed by atoms with Crippen LogP contribution in [0, 0.1) is 5.92 Å². The van der Waals surface area contributed by atoms with Gasteiger partial charge in [-0.2, -0.15) is 4.31 Å². The highest BCUT2D eigenvalue weighted by Crippen LogP contribution is 2.34. The molecule has 1 aliphatic carbocycles. The molecule has 7 heteroatoms. The number of sulfonamides is 1. The van der Waals surface area contributed by atoms with E-state index in [0.717, 1.165) is 22.7 Å². The highest BCUT2D eigenvalue weighted by molar-refractivity contribution is 7.89. The van der Waals surface area contributed by atoms with Gasteiger partial charge in [0.05, 0.1) is 12.6 Å². The molecule has 1 aromatic heterocycles. The molecule has 0 bridgehead atoms. The summed E-state index contributed by atoms with van der Waals surface area (Å²) in [5, 5.41) is 3.10. The Balaban J connectivity index is 1.71. The van der Waals surface area contributed by atoms with Gasteiger partial charge in [0.25, 0.3) is 0 Å². The first-order chi connectivity index (χ1) is 13.5. The molecule has 2 aromatic rings. The first-order valence-corrected chi connectivity index (χ1v) is 11.1. The van der Waals surface area contributed by atoms with Crippen LogP contribution < -0.4 is 5.32 Å². The van der Waals surface area contributed by atoms with Gasteiger partial charge in [0.2, 0.25) is 15.9 Å². The molecule has 0 radical (unpaired) electrons. The van der Waals surface area contributed by atoms with E-state index in [2.05, 4.69) is 10.3 Å². The molecule has 1 atom stereocenters. The van der Waals surface area contributed by atoms with Crippen molar-refractivity contribution in [1.82, 2.24) is 14.6 Å². The average molecular weight is 402 g/mol. The molecule has 0 aliphatic heterocycles. The first-order valence-electron chi connectivity index (χ1n) is 9.69. The molecule has 3 rings (SSSR count). The third-order valence-corrected chi connectivity index (χ3v) is 7.09. The highest BCUT2D eigenvalue weighted by Gasteiger charge is 2.28. The minimum atomic E-state index is -3.75. The molecule has 6 nitrogen and oxygen atoms in total. The average Bonchev–Trinajstić information content (AvgIpc) is 2.74. The molecule has 0 saturated heterocycles. The molecule has 1 aliphatic rings. The van der Waals surface area contributed by atoms with Crippen molar-refractivity contribution in [2.45, 2.75) is 43.0 Å². The van der Waals surface area contributed by atoms with Crippen LogP contribution in [-0.4, -0.2) is 37.2 Å². The van der Waals surface area contributed by atoms with Gasteiger partial charge >= 0.3 is 0 Å². The maximum atomic E-state index is 12.7. The number of aromatic nitrogens is 1. The van der Waals surface area contributed by atoms with Crippen LogP contribution in [0.15, 0.2) is 59.8 Å². The van der Waals surface area contributed by atoms with Gasteiger partial charge in [-0.05, 0) is 36.5 Å². The van der Waals surface area contributed by atoms with Crippen LogP contribution >= 0.6 is 0 Å². The SMILES string of the molecule is CN(CC(=O)NC(c1ccccc1)C1CCCCC1)S(=O)(=O)c1cccnc1. The second-order valence-electron chi connectivity index (χ2n) is 7.30. The zero-order valence-electron chi connectivity index (χ0n) is 16.1. The van der Waals surface area contributed by atoms with E-state index < -0.39 is 10.0 Å². The van der Waals surface area contributed by atoms with Crippen molar-refractivity contribution in [3.05, 3.63) is 60.4 Å². The van der Waals surface area contributed by atoms with E-state index in [4.69, 9.17) is 0 Å². The van der Waals surface area contributed by atoms with E-state index in [1.807, 2.05) is 30.3 Å². The highest BCUT2D eigenvalue weighted by atomic mass is 32.2. The largest absolute Gasteiger partial charge is 0.348 e. The zero-order chi connectivity index (χ0) is 20.0. The quantitative estimate of drug-likeness (QED) is 0.773. The molecule has 1 aromatic carbocycles. The summed E-state index contributed by atoms with van der Waals surface area (Å²) in [5.74, 6) is 0.0785. The van der Waals surface area contributed by atoms with Crippen molar-refractivity contribution in [1.29, 1.82) is 0 Å². The number of amides is 1. The standard InChI is InChI=1S/C21H27N3O3S/c1-24(28(26,27)19-13-8-14-22-15-19)16-20(25)23-21(17-9-4-2-5-10-17)18-11-6-3-7-12-18/h2,4-5,8-10,13-15,18,21H,3,6-7,11-12,16H2,1H3,(H,23,25). The summed E-state index contributed by atoms with van der Waals surface area (Å²) in [5.41, 5.74) is 1.07. The fourth-order valence-corrected chi connectivity index (χ4v) is 4.88. The molecule has 1 heterocycles. The van der Waals surface area contributed by atoms with Gasteiger partial charge in [-0.3, -0.25) is 9.78 Å². The number of nitrogens with zero attached hydrogens (tertiary/aromatic N) is 2. The summed E-state index contributed by atoms with van der Waals surface area (Å²) in [6, 6.07) is 12.9. The third-order valence-electron chi connectivity index (χ3n) is 5.31. The van der Waals surface area contributed by atoms with Crippen molar-refractivity contribution in [3.63, 3.8) is 0 Å². The summed E-state index contributed by atoms with van der Waals surface area (Å²) in [6.45, 7) is -0.229. The van der Waals surface area contributed by atoms with Crippen LogP contribution in [0.1, 0.15) is 43.7 Å². The maximum absolute atomic E-state index is 12.7. The Morgan fingerprint density at radius 2 is 1.86 bits per heavy atom. The zero-order valence-corrected chi connectivity index (χ0v) is 16.9. The van der Waals surface area contributed by atoms with E-state index in [-0.39, 0.29) is 23.4 Å². The summed E-state index contributed by atoms with van der Waals surface area (Å²) in [6.07, 6.45) is 8.52. The van der Waals surface area contributed by atoms with Crippen LogP contribution in [0.25, 0.3) is 0 Å². The second-order valence-corrected chi connectivity index (χ2v) is 9.35. The van der Waals surface area contributed by atoms with Gasteiger partial charge in [0, 0.05) is 19.4 Å². The Morgan fingerprint density at radius 1 is 1.14 bits per heavy atom. The molecule has 1 unspecified atom stereocenters. The van der Waals surface area contributed by atoms with E-state index in [1.54, 1.807) is 6.07 Å². The second kappa shape index (κ2) is 9.30. The van der Waals surface area contributed by atoms with Crippen LogP contribution in [0.2, 0.25) is 0 Å². The van der Waals surface area contributed by atoms with Crippen molar-refractivity contribution in [2.75, 3.05) is 13.6 Å². The fraction of sp³-hybridized carbons (Fsp3) is 0.429. The lowest BCUT2D eigenvalue weighted by Crippen LogP contribution is -2.42. The smallest absolute Gasteiger partial charge is 0.244 e. The minimum Gasteiger partial charge on any atom is -0.348 e. The summed E-state index contributed by atoms with van der Waals surface area (Å²) in [7, 11) is -2.33. The number of carbonyl (C=O) groups is 1. The molecule has 1 amide bonds. The Hall–Kier alpha value is -2.25. The molecule has 1 N–H and O–H groups in total. The van der Waals surface area contributed by atoms with Gasteiger partial charge in [-0.1, -0.05) is 49.6 Å². The van der Waals surface area contributed by atoms with Gasteiger partial charge in [-0.25, -0.2) is 8.42 Å². The lowest BCUT2D eigenvalue weighted by atomic mass is 9.81. The van der Waals surface area contributed by atoms with Gasteiger partial charge in [-0.15, -0.1) is 0 Å². The number of hydrogen-bond acceptors (Lipinski definition) is 4. The van der Waals surface area contributed by atoms with Crippen molar-refractivity contribution < 1.29 is 13.2 Å². The van der Waals surface area contributed by atoms with Crippen molar-refractivity contribution in [2.24, 2.45) is 5.92 Å². The van der Waals surface area contributed by atoms with E-state index in [0.29, 0.717) is 5.92 Å². The Morgan fingerprint density at radius 3 is 2.50 bits per heavy atom. The molecule has 1 fully saturated rings. The van der Waals surface area contributed by atoms with E-state index >= 15 is 0 Å². The van der Waals surface area contributed by atoms with Gasteiger partial charge in [0.1, 0.15) is 4.90 Å². The Labute approximate surface area is 167 Å². The van der Waals surface area contributed by atoms with Crippen LogP contribution in [0.3, 0.4) is 0 Å². The topological polar surface area (TPSA) is 79.4 Å². The predicted octanol–water partition coefficient (Wildman–Crippen LogP) is 3.14. The molecule has 150 valence electrons. The third kappa shape index (κ3) is 4.97. The molecule has 0 spiro atoms. The van der Waals surface area contributed by atoms with Crippen LogP contribution in [0.5, 0.6) is 0 Å². The first kappa shape index (κ1) is 20.5. The number of likely N-dealkylation sites (N-methyl/N-ethyl adjacent to an activating group) is 1. The normalized spacial score (nSPS) is 16.6. The lowest BCUT2D eigenvalue weighted by Gasteiger charge is -2.32. The van der Waals surface area contributed by atoms with Gasteiger partial charge in [0.15, 0.2) is 0 Å².